The molecule has 0 saturated heterocycles. The predicted octanol–water partition coefficient (Wildman–Crippen LogP) is 3.74. The smallest absolute Gasteiger partial charge is 0.289 e. The predicted molar refractivity (Wildman–Crippen MR) is 114 cm³/mol. The van der Waals surface area contributed by atoms with Gasteiger partial charge in [-0.25, -0.2) is 8.42 Å². The molecule has 154 valence electrons. The summed E-state index contributed by atoms with van der Waals surface area (Å²) in [7, 11) is -4.39. The van der Waals surface area contributed by atoms with Crippen molar-refractivity contribution >= 4 is 33.0 Å². The molecule has 0 spiro atoms. The molecule has 3 rings (SSSR count). The minimum Gasteiger partial charge on any atom is -0.325 e. The van der Waals surface area contributed by atoms with E-state index in [1.165, 1.54) is 24.3 Å². The Morgan fingerprint density at radius 3 is 2.20 bits per heavy atom. The second-order valence-electron chi connectivity index (χ2n) is 6.49. The summed E-state index contributed by atoms with van der Waals surface area (Å²) < 4.78 is 27.5. The molecular formula is C21H19N3O5S. The fourth-order valence-corrected chi connectivity index (χ4v) is 4.40. The van der Waals surface area contributed by atoms with Gasteiger partial charge in [0.25, 0.3) is 15.7 Å². The van der Waals surface area contributed by atoms with E-state index < -0.39 is 38.0 Å². The zero-order chi connectivity index (χ0) is 21.7. The number of carbonyl (C=O) groups is 1. The van der Waals surface area contributed by atoms with Crippen molar-refractivity contribution in [1.82, 2.24) is 0 Å². The maximum atomic E-state index is 13.3. The third-order valence-corrected chi connectivity index (χ3v) is 6.12. The summed E-state index contributed by atoms with van der Waals surface area (Å²) in [6, 6.07) is 20.1. The molecule has 0 unspecified atom stereocenters. The lowest BCUT2D eigenvalue weighted by molar-refractivity contribution is -0.387. The summed E-state index contributed by atoms with van der Waals surface area (Å²) in [5.74, 6) is -0.579. The summed E-state index contributed by atoms with van der Waals surface area (Å²) >= 11 is 0. The van der Waals surface area contributed by atoms with E-state index in [4.69, 9.17) is 0 Å². The zero-order valence-electron chi connectivity index (χ0n) is 16.1. The van der Waals surface area contributed by atoms with E-state index in [1.54, 1.807) is 30.3 Å². The van der Waals surface area contributed by atoms with Gasteiger partial charge >= 0.3 is 0 Å². The Morgan fingerprint density at radius 2 is 1.57 bits per heavy atom. The maximum absolute atomic E-state index is 13.3. The molecule has 0 aromatic heterocycles. The van der Waals surface area contributed by atoms with Gasteiger partial charge in [0.2, 0.25) is 5.91 Å². The number of hydrogen-bond acceptors (Lipinski definition) is 5. The van der Waals surface area contributed by atoms with Crippen LogP contribution in [0.5, 0.6) is 0 Å². The van der Waals surface area contributed by atoms with Gasteiger partial charge in [-0.05, 0) is 37.3 Å². The highest BCUT2D eigenvalue weighted by Gasteiger charge is 2.33. The molecule has 8 nitrogen and oxygen atoms in total. The molecule has 0 aliphatic rings. The largest absolute Gasteiger partial charge is 0.325 e. The van der Waals surface area contributed by atoms with Crippen molar-refractivity contribution in [3.63, 3.8) is 0 Å². The van der Waals surface area contributed by atoms with Gasteiger partial charge in [-0.15, -0.1) is 0 Å². The highest BCUT2D eigenvalue weighted by molar-refractivity contribution is 7.93. The van der Waals surface area contributed by atoms with Crippen LogP contribution in [0.4, 0.5) is 17.1 Å². The highest BCUT2D eigenvalue weighted by Crippen LogP contribution is 2.29. The summed E-state index contributed by atoms with van der Waals surface area (Å²) in [5.41, 5.74) is 1.19. The third kappa shape index (κ3) is 4.64. The molecule has 3 aromatic carbocycles. The maximum Gasteiger partial charge on any atom is 0.289 e. The van der Waals surface area contributed by atoms with Crippen molar-refractivity contribution in [3.8, 4) is 0 Å². The normalized spacial score (nSPS) is 11.0. The lowest BCUT2D eigenvalue weighted by Gasteiger charge is -2.24. The number of amides is 1. The van der Waals surface area contributed by atoms with Gasteiger partial charge in [-0.2, -0.15) is 0 Å². The number of aryl methyl sites for hydroxylation is 1. The van der Waals surface area contributed by atoms with E-state index in [2.05, 4.69) is 5.32 Å². The molecule has 0 heterocycles. The van der Waals surface area contributed by atoms with Crippen molar-refractivity contribution in [1.29, 1.82) is 0 Å². The lowest BCUT2D eigenvalue weighted by atomic mass is 10.2. The van der Waals surface area contributed by atoms with Gasteiger partial charge < -0.3 is 5.32 Å². The first-order valence-corrected chi connectivity index (χ1v) is 10.4. The number of nitro groups is 1. The third-order valence-electron chi connectivity index (χ3n) is 4.30. The van der Waals surface area contributed by atoms with Crippen LogP contribution in [0.3, 0.4) is 0 Å². The number of sulfonamides is 1. The van der Waals surface area contributed by atoms with Gasteiger partial charge in [0.05, 0.1) is 10.6 Å². The Labute approximate surface area is 174 Å². The monoisotopic (exact) mass is 425 g/mol. The van der Waals surface area contributed by atoms with E-state index in [9.17, 15) is 23.3 Å². The van der Waals surface area contributed by atoms with Crippen LogP contribution in [0.2, 0.25) is 0 Å². The van der Waals surface area contributed by atoms with Gasteiger partial charge in [0.15, 0.2) is 4.90 Å². The second kappa shape index (κ2) is 8.75. The second-order valence-corrected chi connectivity index (χ2v) is 8.32. The highest BCUT2D eigenvalue weighted by atomic mass is 32.2. The average molecular weight is 425 g/mol. The summed E-state index contributed by atoms with van der Waals surface area (Å²) in [6.45, 7) is 1.36. The number of nitrogens with one attached hydrogen (secondary N) is 1. The summed E-state index contributed by atoms with van der Waals surface area (Å²) in [5, 5.41) is 14.0. The van der Waals surface area contributed by atoms with Crippen molar-refractivity contribution < 1.29 is 18.1 Å². The molecular weight excluding hydrogens is 406 g/mol. The average Bonchev–Trinajstić information content (AvgIpc) is 2.74. The van der Waals surface area contributed by atoms with Crippen LogP contribution in [0.25, 0.3) is 0 Å². The van der Waals surface area contributed by atoms with Gasteiger partial charge in [0.1, 0.15) is 6.54 Å². The number of nitrogens with zero attached hydrogens (tertiary/aromatic N) is 2. The van der Waals surface area contributed by atoms with Crippen LogP contribution in [0, 0.1) is 17.0 Å². The van der Waals surface area contributed by atoms with Crippen LogP contribution in [0.15, 0.2) is 83.8 Å². The standard InChI is InChI=1S/C21H19N3O5S/c1-16-11-13-17(14-12-16)22-21(25)15-23(18-7-3-2-4-8-18)30(28,29)20-10-6-5-9-19(20)24(26)27/h2-14H,15H2,1H3,(H,22,25). The quantitative estimate of drug-likeness (QED) is 0.458. The number of para-hydroxylation sites is 2. The number of hydrogen-bond donors (Lipinski definition) is 1. The first kappa shape index (κ1) is 21.0. The molecule has 1 N–H and O–H groups in total. The minimum absolute atomic E-state index is 0.217. The van der Waals surface area contributed by atoms with Crippen LogP contribution in [-0.2, 0) is 14.8 Å². The number of rotatable bonds is 7. The summed E-state index contributed by atoms with van der Waals surface area (Å²) in [4.78, 5) is 22.7. The lowest BCUT2D eigenvalue weighted by Crippen LogP contribution is -2.38. The fourth-order valence-electron chi connectivity index (χ4n) is 2.82. The number of anilines is 2. The van der Waals surface area contributed by atoms with Gasteiger partial charge in [-0.3, -0.25) is 19.2 Å². The first-order chi connectivity index (χ1) is 14.3. The van der Waals surface area contributed by atoms with E-state index in [1.807, 2.05) is 19.1 Å². The Balaban J connectivity index is 1.98. The van der Waals surface area contributed by atoms with Crippen molar-refractivity contribution in [2.45, 2.75) is 11.8 Å². The zero-order valence-corrected chi connectivity index (χ0v) is 16.9. The van der Waals surface area contributed by atoms with E-state index in [-0.39, 0.29) is 5.69 Å². The summed E-state index contributed by atoms with van der Waals surface area (Å²) in [6.07, 6.45) is 0. The molecule has 0 aliphatic heterocycles. The molecule has 0 saturated carbocycles. The van der Waals surface area contributed by atoms with E-state index >= 15 is 0 Å². The van der Waals surface area contributed by atoms with Gasteiger partial charge in [0, 0.05) is 11.8 Å². The van der Waals surface area contributed by atoms with Crippen molar-refractivity contribution in [2.75, 3.05) is 16.2 Å². The van der Waals surface area contributed by atoms with Crippen LogP contribution in [-0.4, -0.2) is 25.8 Å². The minimum atomic E-state index is -4.39. The molecule has 0 atom stereocenters. The first-order valence-electron chi connectivity index (χ1n) is 8.97. The molecule has 3 aromatic rings. The molecule has 0 radical (unpaired) electrons. The molecule has 0 fully saturated rings. The number of carbonyl (C=O) groups excluding carboxylic acids is 1. The molecule has 30 heavy (non-hydrogen) atoms. The fraction of sp³-hybridized carbons (Fsp3) is 0.0952. The van der Waals surface area contributed by atoms with Gasteiger partial charge in [-0.1, -0.05) is 48.0 Å². The van der Waals surface area contributed by atoms with Crippen LogP contribution >= 0.6 is 0 Å². The topological polar surface area (TPSA) is 110 Å². The Morgan fingerprint density at radius 1 is 0.967 bits per heavy atom. The van der Waals surface area contributed by atoms with E-state index in [0.717, 1.165) is 22.0 Å². The SMILES string of the molecule is Cc1ccc(NC(=O)CN(c2ccccc2)S(=O)(=O)c2ccccc2[N+](=O)[O-])cc1. The molecule has 0 bridgehead atoms. The van der Waals surface area contributed by atoms with Crippen molar-refractivity contribution in [2.24, 2.45) is 0 Å². The number of nitro benzene ring substituents is 1. The molecule has 1 amide bonds. The Hall–Kier alpha value is -3.72. The van der Waals surface area contributed by atoms with Crippen molar-refractivity contribution in [3.05, 3.63) is 94.5 Å². The van der Waals surface area contributed by atoms with Crippen LogP contribution in [0.1, 0.15) is 5.56 Å². The number of benzene rings is 3. The molecule has 0 aliphatic carbocycles. The van der Waals surface area contributed by atoms with Crippen LogP contribution < -0.4 is 9.62 Å². The Kier molecular flexibility index (Phi) is 6.12. The Bertz CT molecular complexity index is 1160. The molecule has 9 heteroatoms. The van der Waals surface area contributed by atoms with E-state index in [0.29, 0.717) is 5.69 Å².